The van der Waals surface area contributed by atoms with Crippen molar-refractivity contribution in [3.8, 4) is 5.75 Å². The van der Waals surface area contributed by atoms with Gasteiger partial charge in [-0.3, -0.25) is 4.79 Å². The minimum absolute atomic E-state index is 0.182. The van der Waals surface area contributed by atoms with Crippen molar-refractivity contribution in [2.45, 2.75) is 38.4 Å². The van der Waals surface area contributed by atoms with E-state index in [2.05, 4.69) is 5.32 Å². The largest absolute Gasteiger partial charge is 0.480 e. The van der Waals surface area contributed by atoms with E-state index in [0.29, 0.717) is 18.5 Å². The SMILES string of the molecule is C[C@H](O)c1ccc(F)cc1OC1CCCCNC1=O. The molecule has 1 amide bonds. The molecule has 1 heterocycles. The lowest BCUT2D eigenvalue weighted by Crippen LogP contribution is -2.36. The molecule has 1 aromatic carbocycles. The quantitative estimate of drug-likeness (QED) is 0.879. The van der Waals surface area contributed by atoms with Crippen LogP contribution in [0.25, 0.3) is 0 Å². The van der Waals surface area contributed by atoms with Gasteiger partial charge in [0.15, 0.2) is 6.10 Å². The second kappa shape index (κ2) is 6.02. The van der Waals surface area contributed by atoms with Crippen LogP contribution in [-0.4, -0.2) is 23.7 Å². The van der Waals surface area contributed by atoms with Crippen molar-refractivity contribution < 1.29 is 19.0 Å². The first kappa shape index (κ1) is 13.8. The monoisotopic (exact) mass is 267 g/mol. The summed E-state index contributed by atoms with van der Waals surface area (Å²) in [6.07, 6.45) is 0.994. The minimum Gasteiger partial charge on any atom is -0.480 e. The molecule has 5 heteroatoms. The van der Waals surface area contributed by atoms with Crippen LogP contribution >= 0.6 is 0 Å². The fourth-order valence-corrected chi connectivity index (χ4v) is 2.13. The maximum absolute atomic E-state index is 13.3. The lowest BCUT2D eigenvalue weighted by Gasteiger charge is -2.19. The van der Waals surface area contributed by atoms with E-state index >= 15 is 0 Å². The zero-order valence-corrected chi connectivity index (χ0v) is 10.9. The van der Waals surface area contributed by atoms with Gasteiger partial charge in [-0.05, 0) is 38.3 Å². The van der Waals surface area contributed by atoms with Crippen LogP contribution in [0, 0.1) is 5.82 Å². The average molecular weight is 267 g/mol. The number of hydrogen-bond acceptors (Lipinski definition) is 3. The highest BCUT2D eigenvalue weighted by Crippen LogP contribution is 2.28. The van der Waals surface area contributed by atoms with E-state index in [9.17, 15) is 14.3 Å². The molecule has 2 atom stereocenters. The van der Waals surface area contributed by atoms with Gasteiger partial charge in [-0.25, -0.2) is 4.39 Å². The zero-order chi connectivity index (χ0) is 13.8. The highest BCUT2D eigenvalue weighted by molar-refractivity contribution is 5.81. The minimum atomic E-state index is -0.774. The summed E-state index contributed by atoms with van der Waals surface area (Å²) in [7, 11) is 0. The van der Waals surface area contributed by atoms with Gasteiger partial charge < -0.3 is 15.2 Å². The number of rotatable bonds is 3. The molecule has 19 heavy (non-hydrogen) atoms. The van der Waals surface area contributed by atoms with Gasteiger partial charge >= 0.3 is 0 Å². The van der Waals surface area contributed by atoms with Crippen LogP contribution in [0.3, 0.4) is 0 Å². The van der Waals surface area contributed by atoms with Gasteiger partial charge in [0.25, 0.3) is 5.91 Å². The fourth-order valence-electron chi connectivity index (χ4n) is 2.13. The number of aliphatic hydroxyl groups excluding tert-OH is 1. The van der Waals surface area contributed by atoms with E-state index in [-0.39, 0.29) is 11.7 Å². The van der Waals surface area contributed by atoms with Crippen molar-refractivity contribution >= 4 is 5.91 Å². The number of amides is 1. The predicted octanol–water partition coefficient (Wildman–Crippen LogP) is 1.93. The third-order valence-corrected chi connectivity index (χ3v) is 3.18. The molecule has 1 fully saturated rings. The number of nitrogens with one attached hydrogen (secondary N) is 1. The van der Waals surface area contributed by atoms with Crippen molar-refractivity contribution in [3.63, 3.8) is 0 Å². The fraction of sp³-hybridized carbons (Fsp3) is 0.500. The molecule has 1 aromatic rings. The molecule has 104 valence electrons. The summed E-state index contributed by atoms with van der Waals surface area (Å²) in [6.45, 7) is 2.22. The Balaban J connectivity index is 2.21. The first-order chi connectivity index (χ1) is 9.08. The normalized spacial score (nSPS) is 21.4. The number of aliphatic hydroxyl groups is 1. The summed E-state index contributed by atoms with van der Waals surface area (Å²) in [4.78, 5) is 11.8. The molecule has 2 N–H and O–H groups in total. The molecule has 1 saturated heterocycles. The third kappa shape index (κ3) is 3.44. The Morgan fingerprint density at radius 2 is 2.26 bits per heavy atom. The van der Waals surface area contributed by atoms with Crippen molar-refractivity contribution in [2.24, 2.45) is 0 Å². The van der Waals surface area contributed by atoms with E-state index < -0.39 is 18.0 Å². The predicted molar refractivity (Wildman–Crippen MR) is 68.3 cm³/mol. The Morgan fingerprint density at radius 1 is 1.47 bits per heavy atom. The van der Waals surface area contributed by atoms with Crippen LogP contribution in [0.2, 0.25) is 0 Å². The highest BCUT2D eigenvalue weighted by Gasteiger charge is 2.24. The highest BCUT2D eigenvalue weighted by atomic mass is 19.1. The summed E-state index contributed by atoms with van der Waals surface area (Å²) in [5.74, 6) is -0.399. The van der Waals surface area contributed by atoms with Crippen LogP contribution in [-0.2, 0) is 4.79 Å². The molecule has 1 aliphatic heterocycles. The molecule has 2 rings (SSSR count). The smallest absolute Gasteiger partial charge is 0.261 e. The molecule has 1 aliphatic rings. The number of carbonyl (C=O) groups excluding carboxylic acids is 1. The molecule has 0 spiro atoms. The molecule has 0 aliphatic carbocycles. The summed E-state index contributed by atoms with van der Waals surface area (Å²) in [5.41, 5.74) is 0.485. The lowest BCUT2D eigenvalue weighted by atomic mass is 10.1. The van der Waals surface area contributed by atoms with E-state index in [1.165, 1.54) is 18.2 Å². The van der Waals surface area contributed by atoms with E-state index in [1.807, 2.05) is 0 Å². The summed E-state index contributed by atoms with van der Waals surface area (Å²) in [6, 6.07) is 3.95. The summed E-state index contributed by atoms with van der Waals surface area (Å²) >= 11 is 0. The zero-order valence-electron chi connectivity index (χ0n) is 10.9. The van der Waals surface area contributed by atoms with E-state index in [4.69, 9.17) is 4.74 Å². The maximum Gasteiger partial charge on any atom is 0.261 e. The Bertz CT molecular complexity index is 462. The molecule has 0 saturated carbocycles. The Kier molecular flexibility index (Phi) is 4.37. The number of benzene rings is 1. The second-order valence-corrected chi connectivity index (χ2v) is 4.75. The van der Waals surface area contributed by atoms with Gasteiger partial charge in [0.1, 0.15) is 11.6 Å². The summed E-state index contributed by atoms with van der Waals surface area (Å²) in [5, 5.41) is 12.4. The van der Waals surface area contributed by atoms with Crippen molar-refractivity contribution in [3.05, 3.63) is 29.6 Å². The maximum atomic E-state index is 13.3. The molecule has 0 aromatic heterocycles. The second-order valence-electron chi connectivity index (χ2n) is 4.75. The Morgan fingerprint density at radius 3 is 3.00 bits per heavy atom. The van der Waals surface area contributed by atoms with Crippen molar-refractivity contribution in [1.29, 1.82) is 0 Å². The van der Waals surface area contributed by atoms with Crippen LogP contribution in [0.1, 0.15) is 37.9 Å². The van der Waals surface area contributed by atoms with Crippen LogP contribution in [0.5, 0.6) is 5.75 Å². The first-order valence-electron chi connectivity index (χ1n) is 6.50. The molecule has 0 radical (unpaired) electrons. The van der Waals surface area contributed by atoms with E-state index in [0.717, 1.165) is 12.8 Å². The average Bonchev–Trinajstić information content (AvgIpc) is 2.55. The van der Waals surface area contributed by atoms with Gasteiger partial charge in [-0.1, -0.05) is 0 Å². The number of ether oxygens (including phenoxy) is 1. The Labute approximate surface area is 111 Å². The van der Waals surface area contributed by atoms with Gasteiger partial charge in [-0.2, -0.15) is 0 Å². The molecule has 1 unspecified atom stereocenters. The number of hydrogen-bond donors (Lipinski definition) is 2. The molecular weight excluding hydrogens is 249 g/mol. The number of halogens is 1. The first-order valence-corrected chi connectivity index (χ1v) is 6.50. The third-order valence-electron chi connectivity index (χ3n) is 3.18. The van der Waals surface area contributed by atoms with Crippen molar-refractivity contribution in [1.82, 2.24) is 5.32 Å². The number of carbonyl (C=O) groups is 1. The summed E-state index contributed by atoms with van der Waals surface area (Å²) < 4.78 is 18.9. The van der Waals surface area contributed by atoms with Gasteiger partial charge in [-0.15, -0.1) is 0 Å². The van der Waals surface area contributed by atoms with E-state index in [1.54, 1.807) is 6.92 Å². The molecule has 0 bridgehead atoms. The molecule has 4 nitrogen and oxygen atoms in total. The van der Waals surface area contributed by atoms with Crippen molar-refractivity contribution in [2.75, 3.05) is 6.54 Å². The molecular formula is C14H18FNO3. The van der Waals surface area contributed by atoms with Gasteiger partial charge in [0.2, 0.25) is 0 Å². The van der Waals surface area contributed by atoms with Crippen LogP contribution < -0.4 is 10.1 Å². The topological polar surface area (TPSA) is 58.6 Å². The standard InChI is InChI=1S/C14H18FNO3/c1-9(17)11-6-5-10(15)8-13(11)19-12-4-2-3-7-16-14(12)18/h5-6,8-9,12,17H,2-4,7H2,1H3,(H,16,18)/t9-,12?/m0/s1. The van der Waals surface area contributed by atoms with Crippen LogP contribution in [0.15, 0.2) is 18.2 Å². The van der Waals surface area contributed by atoms with Gasteiger partial charge in [0, 0.05) is 18.2 Å². The lowest BCUT2D eigenvalue weighted by molar-refractivity contribution is -0.127. The Hall–Kier alpha value is -1.62. The van der Waals surface area contributed by atoms with Gasteiger partial charge in [0.05, 0.1) is 6.10 Å². The van der Waals surface area contributed by atoms with Crippen LogP contribution in [0.4, 0.5) is 4.39 Å².